The lowest BCUT2D eigenvalue weighted by Gasteiger charge is -2.44. The second-order valence-corrected chi connectivity index (χ2v) is 14.1. The van der Waals surface area contributed by atoms with Crippen LogP contribution in [0.1, 0.15) is 47.0 Å². The average Bonchev–Trinajstić information content (AvgIpc) is 3.30. The Morgan fingerprint density at radius 3 is 2.10 bits per heavy atom. The first-order valence-corrected chi connectivity index (χ1v) is 17.9. The van der Waals surface area contributed by atoms with E-state index in [2.05, 4.69) is 16.0 Å². The predicted molar refractivity (Wildman–Crippen MR) is 169 cm³/mol. The molecule has 276 valence electrons. The maximum absolute atomic E-state index is 12.7. The summed E-state index contributed by atoms with van der Waals surface area (Å²) >= 11 is 5.01. The van der Waals surface area contributed by atoms with Gasteiger partial charge in [0.25, 0.3) is 0 Å². The Hall–Kier alpha value is -2.48. The minimum absolute atomic E-state index is 0.0913. The van der Waals surface area contributed by atoms with E-state index in [0.29, 0.717) is 19.3 Å². The van der Waals surface area contributed by atoms with Gasteiger partial charge in [0.1, 0.15) is 31.0 Å². The topological polar surface area (TPSA) is 225 Å². The number of ether oxygens (including phenoxy) is 7. The van der Waals surface area contributed by atoms with Crippen LogP contribution in [0.5, 0.6) is 0 Å². The van der Waals surface area contributed by atoms with Crippen LogP contribution in [0.25, 0.3) is 0 Å². The normalized spacial score (nSPS) is 29.6. The van der Waals surface area contributed by atoms with Gasteiger partial charge >= 0.3 is 30.7 Å². The highest BCUT2D eigenvalue weighted by atomic mass is 32.5. The average molecular weight is 730 g/mol. The van der Waals surface area contributed by atoms with E-state index in [1.54, 1.807) is 0 Å². The van der Waals surface area contributed by atoms with E-state index in [-0.39, 0.29) is 32.3 Å². The zero-order valence-electron chi connectivity index (χ0n) is 28.2. The molecule has 1 saturated carbocycles. The Kier molecular flexibility index (Phi) is 17.6. The van der Waals surface area contributed by atoms with E-state index >= 15 is 0 Å². The lowest BCUT2D eigenvalue weighted by atomic mass is 9.96. The highest BCUT2D eigenvalue weighted by Gasteiger charge is 2.51. The minimum atomic E-state index is -3.51. The highest BCUT2D eigenvalue weighted by Crippen LogP contribution is 2.48. The standard InChI is InChI=1S/C28H48N3O15PS/c1-15(32)30-22-26(44-18(4)35)25(43-17(3)34)21(14-42-16(2)33)45-27(22)41-11-9-8-10-29-28(36)31-20-12-19(13-38-5)23(24(20)39-6)46-47(37,48)40-7/h19-27H,8-14H2,1-7H3,(H,30,32)(H,37,48)(H2,29,31,36)/t19-,20-,21-,22-,23?,24-,25+,26-,27-,47?/m1/s1. The van der Waals surface area contributed by atoms with Crippen molar-refractivity contribution in [2.45, 2.75) is 95.9 Å². The quantitative estimate of drug-likeness (QED) is 0.0632. The number of hydrogen-bond donors (Lipinski definition) is 4. The van der Waals surface area contributed by atoms with Crippen LogP contribution in [0.2, 0.25) is 0 Å². The number of amides is 3. The zero-order valence-corrected chi connectivity index (χ0v) is 29.9. The smallest absolute Gasteiger partial charge is 0.324 e. The Balaban J connectivity index is 1.98. The molecule has 2 aliphatic rings. The van der Waals surface area contributed by atoms with Crippen LogP contribution in [0.3, 0.4) is 0 Å². The molecule has 10 atom stereocenters. The molecule has 0 aromatic heterocycles. The van der Waals surface area contributed by atoms with Crippen molar-refractivity contribution in [1.29, 1.82) is 0 Å². The van der Waals surface area contributed by atoms with Crippen molar-refractivity contribution in [3.63, 3.8) is 0 Å². The van der Waals surface area contributed by atoms with Crippen LogP contribution in [0.15, 0.2) is 0 Å². The van der Waals surface area contributed by atoms with Gasteiger partial charge in [0, 0.05) is 68.1 Å². The molecule has 0 bridgehead atoms. The van der Waals surface area contributed by atoms with E-state index in [1.165, 1.54) is 35.2 Å². The van der Waals surface area contributed by atoms with E-state index in [4.69, 9.17) is 54.0 Å². The fraction of sp³-hybridized carbons (Fsp3) is 0.821. The molecule has 2 fully saturated rings. The van der Waals surface area contributed by atoms with Crippen molar-refractivity contribution in [2.75, 3.05) is 47.7 Å². The number of urea groups is 1. The van der Waals surface area contributed by atoms with E-state index < -0.39 is 85.5 Å². The van der Waals surface area contributed by atoms with Crippen LogP contribution in [0, 0.1) is 5.92 Å². The molecule has 1 aliphatic heterocycles. The van der Waals surface area contributed by atoms with Crippen molar-refractivity contribution in [1.82, 2.24) is 16.0 Å². The third kappa shape index (κ3) is 13.4. The van der Waals surface area contributed by atoms with Gasteiger partial charge in [0.05, 0.1) is 12.6 Å². The first kappa shape index (κ1) is 41.7. The molecule has 0 aromatic carbocycles. The van der Waals surface area contributed by atoms with Gasteiger partial charge in [-0.25, -0.2) is 4.79 Å². The van der Waals surface area contributed by atoms with Gasteiger partial charge in [-0.2, -0.15) is 0 Å². The third-order valence-electron chi connectivity index (χ3n) is 7.41. The fourth-order valence-electron chi connectivity index (χ4n) is 5.53. The van der Waals surface area contributed by atoms with Gasteiger partial charge in [0.15, 0.2) is 18.5 Å². The van der Waals surface area contributed by atoms with Gasteiger partial charge in [0.2, 0.25) is 5.91 Å². The first-order chi connectivity index (χ1) is 22.6. The number of hydrogen-bond acceptors (Lipinski definition) is 15. The zero-order chi connectivity index (χ0) is 36.0. The van der Waals surface area contributed by atoms with Crippen LogP contribution in [0.4, 0.5) is 4.79 Å². The van der Waals surface area contributed by atoms with Crippen LogP contribution in [-0.2, 0) is 73.2 Å². The maximum Gasteiger partial charge on any atom is 0.324 e. The van der Waals surface area contributed by atoms with Crippen molar-refractivity contribution in [3.05, 3.63) is 0 Å². The maximum atomic E-state index is 12.7. The molecule has 2 unspecified atom stereocenters. The first-order valence-electron chi connectivity index (χ1n) is 15.3. The number of esters is 3. The molecule has 0 spiro atoms. The van der Waals surface area contributed by atoms with Crippen molar-refractivity contribution in [3.8, 4) is 0 Å². The minimum Gasteiger partial charge on any atom is -0.463 e. The fourth-order valence-corrected chi connectivity index (χ4v) is 6.52. The Bertz CT molecular complexity index is 1150. The molecule has 0 aromatic rings. The molecule has 48 heavy (non-hydrogen) atoms. The molecule has 4 N–H and O–H groups in total. The largest absolute Gasteiger partial charge is 0.463 e. The molecule has 1 saturated heterocycles. The number of nitrogens with one attached hydrogen (secondary N) is 3. The molecule has 20 heteroatoms. The second-order valence-electron chi connectivity index (χ2n) is 11.2. The van der Waals surface area contributed by atoms with Gasteiger partial charge < -0.3 is 63.0 Å². The molecular weight excluding hydrogens is 681 g/mol. The molecule has 0 radical (unpaired) electrons. The van der Waals surface area contributed by atoms with Crippen LogP contribution >= 0.6 is 6.72 Å². The predicted octanol–water partition coefficient (Wildman–Crippen LogP) is 0.0368. The Morgan fingerprint density at radius 2 is 1.54 bits per heavy atom. The van der Waals surface area contributed by atoms with Crippen molar-refractivity contribution >= 4 is 48.4 Å². The van der Waals surface area contributed by atoms with Gasteiger partial charge in [-0.3, -0.25) is 19.2 Å². The summed E-state index contributed by atoms with van der Waals surface area (Å²) < 4.78 is 49.3. The number of carbonyl (C=O) groups is 5. The summed E-state index contributed by atoms with van der Waals surface area (Å²) in [6.45, 7) is 1.53. The van der Waals surface area contributed by atoms with E-state index in [1.807, 2.05) is 0 Å². The van der Waals surface area contributed by atoms with Gasteiger partial charge in [-0.05, 0) is 31.1 Å². The van der Waals surface area contributed by atoms with Gasteiger partial charge in [-0.1, -0.05) is 0 Å². The van der Waals surface area contributed by atoms with E-state index in [0.717, 1.165) is 13.8 Å². The lowest BCUT2D eigenvalue weighted by molar-refractivity contribution is -0.277. The number of unbranched alkanes of at least 4 members (excludes halogenated alkanes) is 1. The summed E-state index contributed by atoms with van der Waals surface area (Å²) in [5.41, 5.74) is 0. The lowest BCUT2D eigenvalue weighted by Crippen LogP contribution is -2.66. The van der Waals surface area contributed by atoms with Crippen molar-refractivity contribution < 1.29 is 71.1 Å². The molecule has 18 nitrogen and oxygen atoms in total. The monoisotopic (exact) mass is 729 g/mol. The van der Waals surface area contributed by atoms with E-state index in [9.17, 15) is 28.9 Å². The molecular formula is C28H48N3O15PS. The summed E-state index contributed by atoms with van der Waals surface area (Å²) in [4.78, 5) is 70.4. The number of rotatable bonds is 18. The van der Waals surface area contributed by atoms with Crippen LogP contribution < -0.4 is 16.0 Å². The summed E-state index contributed by atoms with van der Waals surface area (Å²) in [7, 11) is 4.25. The number of carbonyl (C=O) groups excluding carboxylic acids is 5. The molecule has 1 heterocycles. The van der Waals surface area contributed by atoms with Crippen molar-refractivity contribution in [2.24, 2.45) is 5.92 Å². The van der Waals surface area contributed by atoms with Gasteiger partial charge in [-0.15, -0.1) is 0 Å². The third-order valence-corrected chi connectivity index (χ3v) is 9.08. The van der Waals surface area contributed by atoms with Crippen LogP contribution in [-0.4, -0.2) is 131 Å². The Morgan fingerprint density at radius 1 is 0.875 bits per heavy atom. The number of methoxy groups -OCH3 is 2. The summed E-state index contributed by atoms with van der Waals surface area (Å²) in [6, 6.07) is -2.00. The summed E-state index contributed by atoms with van der Waals surface area (Å²) in [5, 5.41) is 8.28. The Labute approximate surface area is 284 Å². The molecule has 2 rings (SSSR count). The molecule has 3 amide bonds. The summed E-state index contributed by atoms with van der Waals surface area (Å²) in [5.74, 6) is -2.76. The summed E-state index contributed by atoms with van der Waals surface area (Å²) in [6.07, 6.45) is -4.66. The second kappa shape index (κ2) is 20.3. The highest BCUT2D eigenvalue weighted by molar-refractivity contribution is 8.07. The SMILES string of the molecule is COC[C@H]1C[C@@H](NC(=O)NCCCCO[C@@H]2O[C@H](COC(C)=O)[C@H](OC(C)=O)[C@H](OC(C)=O)[C@H]2NC(C)=O)[C@@H](OC)C1OP(O)(=S)OC. The molecule has 1 aliphatic carbocycles.